The highest BCUT2D eigenvalue weighted by atomic mass is 16.5. The van der Waals surface area contributed by atoms with Gasteiger partial charge in [-0.1, -0.05) is 13.3 Å². The summed E-state index contributed by atoms with van der Waals surface area (Å²) in [4.78, 5) is 17.1. The van der Waals surface area contributed by atoms with E-state index < -0.39 is 6.04 Å². The van der Waals surface area contributed by atoms with E-state index in [0.717, 1.165) is 12.8 Å². The minimum atomic E-state index is -0.469. The zero-order valence-corrected chi connectivity index (χ0v) is 9.24. The van der Waals surface area contributed by atoms with Crippen LogP contribution in [0.25, 0.3) is 4.85 Å². The first-order chi connectivity index (χ1) is 7.29. The Morgan fingerprint density at radius 3 is 2.73 bits per heavy atom. The second-order valence-corrected chi connectivity index (χ2v) is 3.72. The molecule has 1 aliphatic rings. The Morgan fingerprint density at radius 2 is 2.20 bits per heavy atom. The van der Waals surface area contributed by atoms with Gasteiger partial charge >= 0.3 is 11.9 Å². The Balaban J connectivity index is 2.44. The van der Waals surface area contributed by atoms with Crippen LogP contribution < -0.4 is 0 Å². The first kappa shape index (κ1) is 12.0. The fourth-order valence-electron chi connectivity index (χ4n) is 1.64. The molecule has 1 unspecified atom stereocenters. The lowest BCUT2D eigenvalue weighted by atomic mass is 10.1. The highest BCUT2D eigenvalue weighted by molar-refractivity contribution is 5.83. The summed E-state index contributed by atoms with van der Waals surface area (Å²) in [6.45, 7) is 11.6. The lowest BCUT2D eigenvalue weighted by Gasteiger charge is -2.26. The summed E-state index contributed by atoms with van der Waals surface area (Å²) < 4.78 is 5.17. The number of rotatable bonds is 4. The SMILES string of the molecule is [C-]#[N+]C(CCCC)C(=O)N1CCOCC1. The highest BCUT2D eigenvalue weighted by Crippen LogP contribution is 2.10. The second-order valence-electron chi connectivity index (χ2n) is 3.72. The van der Waals surface area contributed by atoms with Gasteiger partial charge in [0.15, 0.2) is 0 Å². The minimum absolute atomic E-state index is 0.0123. The Hall–Kier alpha value is -1.08. The predicted molar refractivity (Wildman–Crippen MR) is 57.3 cm³/mol. The van der Waals surface area contributed by atoms with Crippen molar-refractivity contribution in [2.75, 3.05) is 26.3 Å². The molecule has 0 bridgehead atoms. The standard InChI is InChI=1S/C11H18N2O2/c1-3-4-5-10(12-2)11(14)13-6-8-15-9-7-13/h10H,3-9H2,1H3. The zero-order chi connectivity index (χ0) is 11.1. The summed E-state index contributed by atoms with van der Waals surface area (Å²) in [5.74, 6) is -0.0123. The molecule has 0 N–H and O–H groups in total. The molecule has 0 spiro atoms. The molecule has 0 radical (unpaired) electrons. The third-order valence-corrected chi connectivity index (χ3v) is 2.59. The molecular weight excluding hydrogens is 192 g/mol. The van der Waals surface area contributed by atoms with Crippen molar-refractivity contribution in [3.63, 3.8) is 0 Å². The molecule has 0 aliphatic carbocycles. The van der Waals surface area contributed by atoms with E-state index in [1.54, 1.807) is 4.90 Å². The molecule has 0 aromatic rings. The number of amides is 1. The number of morpholine rings is 1. The van der Waals surface area contributed by atoms with E-state index in [9.17, 15) is 4.79 Å². The summed E-state index contributed by atoms with van der Waals surface area (Å²) in [6.07, 6.45) is 2.67. The van der Waals surface area contributed by atoms with Gasteiger partial charge in [-0.3, -0.25) is 4.79 Å². The van der Waals surface area contributed by atoms with Crippen LogP contribution in [0.2, 0.25) is 0 Å². The highest BCUT2D eigenvalue weighted by Gasteiger charge is 2.29. The average molecular weight is 210 g/mol. The van der Waals surface area contributed by atoms with Gasteiger partial charge < -0.3 is 14.5 Å². The van der Waals surface area contributed by atoms with Crippen molar-refractivity contribution >= 4 is 5.91 Å². The quantitative estimate of drug-likeness (QED) is 0.656. The third-order valence-electron chi connectivity index (χ3n) is 2.59. The van der Waals surface area contributed by atoms with Crippen molar-refractivity contribution in [1.29, 1.82) is 0 Å². The van der Waals surface area contributed by atoms with E-state index in [1.807, 2.05) is 0 Å². The molecule has 0 aromatic heterocycles. The van der Waals surface area contributed by atoms with Crippen LogP contribution >= 0.6 is 0 Å². The Bertz CT molecular complexity index is 241. The van der Waals surface area contributed by atoms with Crippen LogP contribution in [0.5, 0.6) is 0 Å². The fourth-order valence-corrected chi connectivity index (χ4v) is 1.64. The van der Waals surface area contributed by atoms with Gasteiger partial charge in [-0.2, -0.15) is 0 Å². The summed E-state index contributed by atoms with van der Waals surface area (Å²) in [5, 5.41) is 0. The third kappa shape index (κ3) is 3.52. The van der Waals surface area contributed by atoms with Crippen LogP contribution in [0.15, 0.2) is 0 Å². The smallest absolute Gasteiger partial charge is 0.305 e. The molecule has 0 saturated carbocycles. The normalized spacial score (nSPS) is 18.3. The Kier molecular flexibility index (Phi) is 5.13. The van der Waals surface area contributed by atoms with Crippen molar-refractivity contribution in [1.82, 2.24) is 4.90 Å². The van der Waals surface area contributed by atoms with Gasteiger partial charge in [0.1, 0.15) is 0 Å². The predicted octanol–water partition coefficient (Wildman–Crippen LogP) is 1.32. The maximum absolute atomic E-state index is 11.9. The number of hydrogen-bond acceptors (Lipinski definition) is 2. The van der Waals surface area contributed by atoms with E-state index in [2.05, 4.69) is 11.8 Å². The number of nitrogens with zero attached hydrogens (tertiary/aromatic N) is 2. The molecule has 1 atom stereocenters. The summed E-state index contributed by atoms with van der Waals surface area (Å²) in [7, 11) is 0. The van der Waals surface area contributed by atoms with E-state index in [0.29, 0.717) is 32.7 Å². The number of unbranched alkanes of at least 4 members (excludes halogenated alkanes) is 1. The van der Waals surface area contributed by atoms with E-state index >= 15 is 0 Å². The van der Waals surface area contributed by atoms with Crippen LogP contribution in [0, 0.1) is 6.57 Å². The molecule has 1 aliphatic heterocycles. The molecule has 1 saturated heterocycles. The molecule has 1 fully saturated rings. The maximum atomic E-state index is 11.9. The lowest BCUT2D eigenvalue weighted by Crippen LogP contribution is -2.44. The monoisotopic (exact) mass is 210 g/mol. The average Bonchev–Trinajstić information content (AvgIpc) is 2.31. The summed E-state index contributed by atoms with van der Waals surface area (Å²) in [6, 6.07) is -0.469. The summed E-state index contributed by atoms with van der Waals surface area (Å²) in [5.41, 5.74) is 0. The topological polar surface area (TPSA) is 33.9 Å². The molecule has 1 rings (SSSR count). The first-order valence-corrected chi connectivity index (χ1v) is 5.52. The first-order valence-electron chi connectivity index (χ1n) is 5.52. The van der Waals surface area contributed by atoms with E-state index in [-0.39, 0.29) is 5.91 Å². The number of carbonyl (C=O) groups is 1. The molecule has 84 valence electrons. The van der Waals surface area contributed by atoms with Crippen LogP contribution in [-0.2, 0) is 9.53 Å². The number of carbonyl (C=O) groups excluding carboxylic acids is 1. The number of hydrogen-bond donors (Lipinski definition) is 0. The minimum Gasteiger partial charge on any atom is -0.378 e. The van der Waals surface area contributed by atoms with Crippen LogP contribution in [0.1, 0.15) is 26.2 Å². The van der Waals surface area contributed by atoms with Crippen molar-refractivity contribution in [3.05, 3.63) is 11.4 Å². The van der Waals surface area contributed by atoms with Gasteiger partial charge in [0.05, 0.1) is 13.2 Å². The fraction of sp³-hybridized carbons (Fsp3) is 0.818. The van der Waals surface area contributed by atoms with Gasteiger partial charge in [0, 0.05) is 19.5 Å². The summed E-state index contributed by atoms with van der Waals surface area (Å²) >= 11 is 0. The number of ether oxygens (including phenoxy) is 1. The van der Waals surface area contributed by atoms with Crippen LogP contribution in [0.4, 0.5) is 0 Å². The molecule has 4 nitrogen and oxygen atoms in total. The van der Waals surface area contributed by atoms with Crippen molar-refractivity contribution in [3.8, 4) is 0 Å². The molecule has 15 heavy (non-hydrogen) atoms. The molecule has 0 aromatic carbocycles. The Morgan fingerprint density at radius 1 is 1.53 bits per heavy atom. The van der Waals surface area contributed by atoms with Gasteiger partial charge in [-0.25, -0.2) is 6.57 Å². The van der Waals surface area contributed by atoms with Crippen LogP contribution in [-0.4, -0.2) is 43.2 Å². The molecule has 1 heterocycles. The van der Waals surface area contributed by atoms with Crippen molar-refractivity contribution in [2.45, 2.75) is 32.2 Å². The van der Waals surface area contributed by atoms with Gasteiger partial charge in [-0.15, -0.1) is 0 Å². The van der Waals surface area contributed by atoms with E-state index in [1.165, 1.54) is 0 Å². The Labute approximate surface area is 91.0 Å². The molecule has 1 amide bonds. The van der Waals surface area contributed by atoms with Crippen molar-refractivity contribution in [2.24, 2.45) is 0 Å². The largest absolute Gasteiger partial charge is 0.378 e. The lowest BCUT2D eigenvalue weighted by molar-refractivity contribution is -0.135. The van der Waals surface area contributed by atoms with E-state index in [4.69, 9.17) is 11.3 Å². The van der Waals surface area contributed by atoms with Crippen molar-refractivity contribution < 1.29 is 9.53 Å². The van der Waals surface area contributed by atoms with Gasteiger partial charge in [-0.05, 0) is 6.42 Å². The second kappa shape index (κ2) is 6.41. The van der Waals surface area contributed by atoms with Gasteiger partial charge in [0.2, 0.25) is 0 Å². The zero-order valence-electron chi connectivity index (χ0n) is 9.24. The van der Waals surface area contributed by atoms with Gasteiger partial charge in [0.25, 0.3) is 0 Å². The molecule has 4 heteroatoms. The maximum Gasteiger partial charge on any atom is 0.305 e. The molecular formula is C11H18N2O2. The van der Waals surface area contributed by atoms with Crippen LogP contribution in [0.3, 0.4) is 0 Å².